The van der Waals surface area contributed by atoms with Crippen LogP contribution in [-0.4, -0.2) is 42.8 Å². The highest BCUT2D eigenvalue weighted by molar-refractivity contribution is 5.87. The van der Waals surface area contributed by atoms with Gasteiger partial charge in [-0.05, 0) is 6.42 Å². The zero-order valence-electron chi connectivity index (χ0n) is 15.1. The van der Waals surface area contributed by atoms with Crippen molar-refractivity contribution in [1.82, 2.24) is 19.1 Å². The molecule has 3 heterocycles. The molecule has 3 N–H and O–H groups in total. The van der Waals surface area contributed by atoms with Crippen LogP contribution in [0.2, 0.25) is 0 Å². The fourth-order valence-corrected chi connectivity index (χ4v) is 3.17. The summed E-state index contributed by atoms with van der Waals surface area (Å²) in [5.41, 5.74) is 0.208. The lowest BCUT2D eigenvalue weighted by Crippen LogP contribution is -2.28. The van der Waals surface area contributed by atoms with Gasteiger partial charge in [-0.3, -0.25) is 14.7 Å². The molecular formula is C17H22FN5O4. The monoisotopic (exact) mass is 379 g/mol. The highest BCUT2D eigenvalue weighted by Crippen LogP contribution is 2.33. The molecule has 3 atom stereocenters. The van der Waals surface area contributed by atoms with Gasteiger partial charge in [-0.2, -0.15) is 4.98 Å². The largest absolute Gasteiger partial charge is 0.412 e. The third-order valence-corrected chi connectivity index (χ3v) is 4.27. The Morgan fingerprint density at radius 2 is 2.30 bits per heavy atom. The van der Waals surface area contributed by atoms with Crippen molar-refractivity contribution in [2.24, 2.45) is 0 Å². The van der Waals surface area contributed by atoms with Crippen molar-refractivity contribution in [3.05, 3.63) is 16.7 Å². The Labute approximate surface area is 154 Å². The Morgan fingerprint density at radius 3 is 2.93 bits per heavy atom. The van der Waals surface area contributed by atoms with Gasteiger partial charge in [-0.15, -0.1) is 6.42 Å². The summed E-state index contributed by atoms with van der Waals surface area (Å²) < 4.78 is 22.7. The van der Waals surface area contributed by atoms with Gasteiger partial charge in [-0.1, -0.05) is 19.3 Å². The van der Waals surface area contributed by atoms with Crippen LogP contribution in [0.3, 0.4) is 0 Å². The molecule has 0 saturated carbocycles. The van der Waals surface area contributed by atoms with Crippen molar-refractivity contribution in [1.29, 1.82) is 0 Å². The maximum Gasteiger partial charge on any atom is 0.333 e. The van der Waals surface area contributed by atoms with E-state index >= 15 is 0 Å². The van der Waals surface area contributed by atoms with Gasteiger partial charge in [0.2, 0.25) is 11.9 Å². The molecule has 10 heteroatoms. The van der Waals surface area contributed by atoms with Crippen LogP contribution >= 0.6 is 0 Å². The number of nitrogens with zero attached hydrogens (tertiary/aromatic N) is 4. The number of hydrogen-bond donors (Lipinski definition) is 1. The number of halogens is 1. The first-order chi connectivity index (χ1) is 12.5. The van der Waals surface area contributed by atoms with Crippen LogP contribution in [0, 0.1) is 12.3 Å². The SMILES string of the molecule is C#CCn1c(=O)n(C2CC(F)C(CCC)O2)c2nc(NC(C)=O)ncc21.O. The third-order valence-electron chi connectivity index (χ3n) is 4.27. The molecule has 3 rings (SSSR count). The molecule has 1 fully saturated rings. The minimum atomic E-state index is -1.16. The number of rotatable bonds is 5. The van der Waals surface area contributed by atoms with Crippen molar-refractivity contribution < 1.29 is 19.4 Å². The first kappa shape index (κ1) is 20.5. The van der Waals surface area contributed by atoms with E-state index in [9.17, 15) is 14.0 Å². The zero-order chi connectivity index (χ0) is 18.8. The van der Waals surface area contributed by atoms with Crippen LogP contribution in [0.1, 0.15) is 39.3 Å². The van der Waals surface area contributed by atoms with E-state index in [-0.39, 0.29) is 35.9 Å². The first-order valence-corrected chi connectivity index (χ1v) is 8.44. The molecule has 0 aromatic carbocycles. The van der Waals surface area contributed by atoms with Crippen LogP contribution in [0.5, 0.6) is 0 Å². The molecule has 1 saturated heterocycles. The number of fused-ring (bicyclic) bond motifs is 1. The fraction of sp³-hybridized carbons (Fsp3) is 0.529. The summed E-state index contributed by atoms with van der Waals surface area (Å²) >= 11 is 0. The predicted octanol–water partition coefficient (Wildman–Crippen LogP) is 0.786. The van der Waals surface area contributed by atoms with Crippen molar-refractivity contribution in [3.63, 3.8) is 0 Å². The molecular weight excluding hydrogens is 357 g/mol. The molecule has 1 aliphatic rings. The summed E-state index contributed by atoms with van der Waals surface area (Å²) in [5, 5.41) is 2.47. The number of terminal acetylenes is 1. The van der Waals surface area contributed by atoms with Gasteiger partial charge >= 0.3 is 5.69 Å². The van der Waals surface area contributed by atoms with E-state index in [1.54, 1.807) is 0 Å². The molecule has 0 spiro atoms. The van der Waals surface area contributed by atoms with Crippen LogP contribution < -0.4 is 11.0 Å². The Balaban J connectivity index is 0.00000261. The van der Waals surface area contributed by atoms with Gasteiger partial charge in [0.05, 0.1) is 18.8 Å². The van der Waals surface area contributed by atoms with E-state index in [0.717, 1.165) is 6.42 Å². The standard InChI is InChI=1S/C17H20FN5O3.H2O/c1-4-6-13-11(18)8-14(26-13)23-15-12(22(7-5-2)17(23)25)9-19-16(21-15)20-10(3)24;/h2,9,11,13-14H,4,6-8H2,1,3H3,(H,19,20,21,24);1H2. The number of aromatic nitrogens is 4. The van der Waals surface area contributed by atoms with Crippen molar-refractivity contribution in [2.45, 2.75) is 58.2 Å². The lowest BCUT2D eigenvalue weighted by molar-refractivity contribution is -0.114. The van der Waals surface area contributed by atoms with E-state index in [2.05, 4.69) is 21.2 Å². The number of alkyl halides is 1. The molecule has 2 aromatic heterocycles. The third kappa shape index (κ3) is 3.84. The van der Waals surface area contributed by atoms with Crippen LogP contribution in [-0.2, 0) is 16.1 Å². The average molecular weight is 379 g/mol. The van der Waals surface area contributed by atoms with E-state index < -0.39 is 24.2 Å². The molecule has 27 heavy (non-hydrogen) atoms. The van der Waals surface area contributed by atoms with E-state index in [0.29, 0.717) is 11.9 Å². The zero-order valence-corrected chi connectivity index (χ0v) is 15.1. The average Bonchev–Trinajstić information content (AvgIpc) is 3.06. The molecule has 2 aromatic rings. The minimum Gasteiger partial charge on any atom is -0.412 e. The Morgan fingerprint density at radius 1 is 1.56 bits per heavy atom. The maximum atomic E-state index is 14.3. The summed E-state index contributed by atoms with van der Waals surface area (Å²) in [6.07, 6.45) is 5.67. The highest BCUT2D eigenvalue weighted by Gasteiger charge is 2.38. The normalized spacial score (nSPS) is 21.6. The second-order valence-corrected chi connectivity index (χ2v) is 6.20. The van der Waals surface area contributed by atoms with Crippen LogP contribution in [0.15, 0.2) is 11.0 Å². The summed E-state index contributed by atoms with van der Waals surface area (Å²) in [5.74, 6) is 2.12. The van der Waals surface area contributed by atoms with Gasteiger partial charge < -0.3 is 10.2 Å². The number of carbonyl (C=O) groups excluding carboxylic acids is 1. The maximum absolute atomic E-state index is 14.3. The number of nitrogens with one attached hydrogen (secondary N) is 1. The van der Waals surface area contributed by atoms with Crippen LogP contribution in [0.25, 0.3) is 11.2 Å². The Hall–Kier alpha value is -2.77. The van der Waals surface area contributed by atoms with E-state index in [4.69, 9.17) is 11.2 Å². The van der Waals surface area contributed by atoms with Gasteiger partial charge in [0.15, 0.2) is 5.65 Å². The van der Waals surface area contributed by atoms with Gasteiger partial charge in [0.25, 0.3) is 0 Å². The first-order valence-electron chi connectivity index (χ1n) is 8.44. The minimum absolute atomic E-state index is 0. The molecule has 0 bridgehead atoms. The van der Waals surface area contributed by atoms with Crippen molar-refractivity contribution in [3.8, 4) is 12.3 Å². The number of carbonyl (C=O) groups is 1. The number of ether oxygens (including phenoxy) is 1. The van der Waals surface area contributed by atoms with Gasteiger partial charge in [0, 0.05) is 13.3 Å². The number of anilines is 1. The van der Waals surface area contributed by atoms with Crippen molar-refractivity contribution in [2.75, 3.05) is 5.32 Å². The summed E-state index contributed by atoms with van der Waals surface area (Å²) in [7, 11) is 0. The molecule has 1 amide bonds. The van der Waals surface area contributed by atoms with E-state index in [1.807, 2.05) is 6.92 Å². The summed E-state index contributed by atoms with van der Waals surface area (Å²) in [6, 6.07) is 0. The Kier molecular flexibility index (Phi) is 6.30. The van der Waals surface area contributed by atoms with Crippen molar-refractivity contribution >= 4 is 23.0 Å². The van der Waals surface area contributed by atoms with E-state index in [1.165, 1.54) is 22.3 Å². The molecule has 146 valence electrons. The number of hydrogen-bond acceptors (Lipinski definition) is 5. The number of amides is 1. The quantitative estimate of drug-likeness (QED) is 0.770. The molecule has 9 nitrogen and oxygen atoms in total. The smallest absolute Gasteiger partial charge is 0.333 e. The summed E-state index contributed by atoms with van der Waals surface area (Å²) in [4.78, 5) is 32.4. The molecule has 0 aliphatic carbocycles. The topological polar surface area (TPSA) is 123 Å². The molecule has 0 radical (unpaired) electrons. The van der Waals surface area contributed by atoms with Gasteiger partial charge in [-0.25, -0.2) is 18.7 Å². The van der Waals surface area contributed by atoms with Gasteiger partial charge in [0.1, 0.15) is 17.9 Å². The fourth-order valence-electron chi connectivity index (χ4n) is 3.17. The second-order valence-electron chi connectivity index (χ2n) is 6.20. The number of imidazole rings is 1. The lowest BCUT2D eigenvalue weighted by Gasteiger charge is -2.14. The summed E-state index contributed by atoms with van der Waals surface area (Å²) in [6.45, 7) is 3.30. The van der Waals surface area contributed by atoms with Crippen LogP contribution in [0.4, 0.5) is 10.3 Å². The molecule has 1 aliphatic heterocycles. The Bertz CT molecular complexity index is 932. The predicted molar refractivity (Wildman–Crippen MR) is 96.9 cm³/mol. The highest BCUT2D eigenvalue weighted by atomic mass is 19.1. The second kappa shape index (κ2) is 8.28. The molecule has 3 unspecified atom stereocenters. The lowest BCUT2D eigenvalue weighted by atomic mass is 10.1.